The Morgan fingerprint density at radius 3 is 2.44 bits per heavy atom. The van der Waals surface area contributed by atoms with Gasteiger partial charge in [0.25, 0.3) is 11.7 Å². The number of hydrogen-bond acceptors (Lipinski definition) is 6. The number of carbonyl (C=O) groups excluding carboxylic acids is 2. The van der Waals surface area contributed by atoms with Crippen molar-refractivity contribution in [3.8, 4) is 5.75 Å². The molecule has 1 atom stereocenters. The minimum atomic E-state index is -0.728. The predicted molar refractivity (Wildman–Crippen MR) is 120 cm³/mol. The van der Waals surface area contributed by atoms with Crippen LogP contribution in [0, 0.1) is 6.92 Å². The predicted octanol–water partition coefficient (Wildman–Crippen LogP) is 2.76. The van der Waals surface area contributed by atoms with E-state index in [9.17, 15) is 14.7 Å². The normalized spacial score (nSPS) is 21.2. The number of para-hydroxylation sites is 1. The molecule has 2 aliphatic rings. The van der Waals surface area contributed by atoms with E-state index in [1.165, 1.54) is 0 Å². The second-order valence-electron chi connectivity index (χ2n) is 8.05. The van der Waals surface area contributed by atoms with Crippen LogP contribution in [-0.4, -0.2) is 73.1 Å². The number of likely N-dealkylation sites (tertiary alicyclic amines) is 1. The molecule has 1 N–H and O–H groups in total. The minimum Gasteiger partial charge on any atom is -0.507 e. The zero-order chi connectivity index (χ0) is 22.7. The molecule has 1 amide bonds. The number of benzene rings is 2. The van der Waals surface area contributed by atoms with Crippen LogP contribution in [0.4, 0.5) is 0 Å². The molecule has 2 aromatic carbocycles. The van der Waals surface area contributed by atoms with Gasteiger partial charge in [0.05, 0.1) is 31.9 Å². The second-order valence-corrected chi connectivity index (χ2v) is 8.05. The van der Waals surface area contributed by atoms with E-state index >= 15 is 0 Å². The zero-order valence-corrected chi connectivity index (χ0v) is 18.4. The molecular formula is C25H28N2O5. The Morgan fingerprint density at radius 1 is 1.06 bits per heavy atom. The summed E-state index contributed by atoms with van der Waals surface area (Å²) in [6, 6.07) is 13.8. The lowest BCUT2D eigenvalue weighted by Crippen LogP contribution is -2.42. The van der Waals surface area contributed by atoms with E-state index in [-0.39, 0.29) is 11.3 Å². The van der Waals surface area contributed by atoms with E-state index in [0.29, 0.717) is 43.2 Å². The van der Waals surface area contributed by atoms with Gasteiger partial charge in [-0.25, -0.2) is 0 Å². The quantitative estimate of drug-likeness (QED) is 0.426. The molecule has 0 unspecified atom stereocenters. The zero-order valence-electron chi connectivity index (χ0n) is 18.4. The van der Waals surface area contributed by atoms with E-state index in [2.05, 4.69) is 4.90 Å². The van der Waals surface area contributed by atoms with Crippen molar-refractivity contribution in [2.45, 2.75) is 13.0 Å². The van der Waals surface area contributed by atoms with Gasteiger partial charge in [-0.3, -0.25) is 14.5 Å². The van der Waals surface area contributed by atoms with Gasteiger partial charge in [-0.2, -0.15) is 0 Å². The summed E-state index contributed by atoms with van der Waals surface area (Å²) in [4.78, 5) is 30.0. The Labute approximate surface area is 187 Å². The molecule has 0 saturated carbocycles. The number of rotatable bonds is 6. The number of nitrogens with zero attached hydrogens (tertiary/aromatic N) is 2. The topological polar surface area (TPSA) is 79.3 Å². The Kier molecular flexibility index (Phi) is 6.58. The van der Waals surface area contributed by atoms with Crippen molar-refractivity contribution in [1.82, 2.24) is 9.80 Å². The summed E-state index contributed by atoms with van der Waals surface area (Å²) >= 11 is 0. The fourth-order valence-corrected chi connectivity index (χ4v) is 4.27. The number of methoxy groups -OCH3 is 1. The maximum atomic E-state index is 13.1. The van der Waals surface area contributed by atoms with Gasteiger partial charge < -0.3 is 19.5 Å². The van der Waals surface area contributed by atoms with Gasteiger partial charge in [0.1, 0.15) is 11.5 Å². The lowest BCUT2D eigenvalue weighted by Gasteiger charge is -2.31. The standard InChI is InChI=1S/C25H28N2O5/c1-17-7-9-18(10-8-17)23(28)21-22(19-5-3-4-6-20(19)31-2)27(25(30)24(21)29)12-11-26-13-15-32-16-14-26/h3-10,22,28H,11-16H2,1-2H3/t22-/m0/s1. The average molecular weight is 437 g/mol. The van der Waals surface area contributed by atoms with Crippen LogP contribution in [0.25, 0.3) is 5.76 Å². The second kappa shape index (κ2) is 9.54. The Morgan fingerprint density at radius 2 is 1.75 bits per heavy atom. The molecule has 168 valence electrons. The Bertz CT molecular complexity index is 1020. The van der Waals surface area contributed by atoms with Gasteiger partial charge in [-0.15, -0.1) is 0 Å². The van der Waals surface area contributed by atoms with E-state index in [1.807, 2.05) is 37.3 Å². The number of ketones is 1. The van der Waals surface area contributed by atoms with Crippen LogP contribution < -0.4 is 4.74 Å². The molecule has 0 aliphatic carbocycles. The Hall–Kier alpha value is -3.16. The molecule has 32 heavy (non-hydrogen) atoms. The maximum absolute atomic E-state index is 13.1. The molecule has 7 nitrogen and oxygen atoms in total. The van der Waals surface area contributed by atoms with Crippen LogP contribution in [0.3, 0.4) is 0 Å². The van der Waals surface area contributed by atoms with Gasteiger partial charge in [-0.1, -0.05) is 48.0 Å². The molecule has 0 radical (unpaired) electrons. The molecule has 0 aromatic heterocycles. The highest BCUT2D eigenvalue weighted by Crippen LogP contribution is 2.42. The molecule has 2 fully saturated rings. The molecule has 2 aliphatic heterocycles. The van der Waals surface area contributed by atoms with E-state index in [1.54, 1.807) is 30.2 Å². The van der Waals surface area contributed by atoms with Crippen LogP contribution in [0.5, 0.6) is 5.75 Å². The first-order valence-corrected chi connectivity index (χ1v) is 10.8. The third-order valence-electron chi connectivity index (χ3n) is 6.06. The maximum Gasteiger partial charge on any atom is 0.295 e. The van der Waals surface area contributed by atoms with Crippen molar-refractivity contribution in [1.29, 1.82) is 0 Å². The summed E-state index contributed by atoms with van der Waals surface area (Å²) in [6.45, 7) is 5.80. The van der Waals surface area contributed by atoms with Gasteiger partial charge in [-0.05, 0) is 13.0 Å². The highest BCUT2D eigenvalue weighted by Gasteiger charge is 2.47. The number of hydrogen-bond donors (Lipinski definition) is 1. The number of aliphatic hydroxyl groups is 1. The first-order chi connectivity index (χ1) is 15.5. The average Bonchev–Trinajstić information content (AvgIpc) is 3.08. The van der Waals surface area contributed by atoms with Gasteiger partial charge in [0.2, 0.25) is 0 Å². The fourth-order valence-electron chi connectivity index (χ4n) is 4.27. The number of aryl methyl sites for hydroxylation is 1. The summed E-state index contributed by atoms with van der Waals surface area (Å²) in [7, 11) is 1.55. The van der Waals surface area contributed by atoms with Crippen molar-refractivity contribution in [3.05, 3.63) is 70.8 Å². The van der Waals surface area contributed by atoms with Crippen molar-refractivity contribution < 1.29 is 24.2 Å². The van der Waals surface area contributed by atoms with E-state index in [0.717, 1.165) is 18.7 Å². The smallest absolute Gasteiger partial charge is 0.295 e. The first-order valence-electron chi connectivity index (χ1n) is 10.8. The monoisotopic (exact) mass is 436 g/mol. The number of carbonyl (C=O) groups is 2. The number of Topliss-reactive ketones (excluding diaryl/α,β-unsaturated/α-hetero) is 1. The van der Waals surface area contributed by atoms with Crippen molar-refractivity contribution in [2.75, 3.05) is 46.5 Å². The molecular weight excluding hydrogens is 408 g/mol. The van der Waals surface area contributed by atoms with Crippen LogP contribution in [0.2, 0.25) is 0 Å². The molecule has 0 bridgehead atoms. The molecule has 2 aromatic rings. The van der Waals surface area contributed by atoms with Crippen LogP contribution in [-0.2, 0) is 14.3 Å². The summed E-state index contributed by atoms with van der Waals surface area (Å²) in [5.74, 6) is -0.900. The summed E-state index contributed by atoms with van der Waals surface area (Å²) < 4.78 is 10.9. The lowest BCUT2D eigenvalue weighted by atomic mass is 9.94. The number of amides is 1. The van der Waals surface area contributed by atoms with Crippen molar-refractivity contribution >= 4 is 17.4 Å². The van der Waals surface area contributed by atoms with Crippen LogP contribution in [0.15, 0.2) is 54.1 Å². The largest absolute Gasteiger partial charge is 0.507 e. The SMILES string of the molecule is COc1ccccc1[C@H]1C(=C(O)c2ccc(C)cc2)C(=O)C(=O)N1CCN1CCOCC1. The minimum absolute atomic E-state index is 0.0883. The summed E-state index contributed by atoms with van der Waals surface area (Å²) in [6.07, 6.45) is 0. The van der Waals surface area contributed by atoms with Gasteiger partial charge in [0, 0.05) is 37.3 Å². The molecule has 4 rings (SSSR count). The highest BCUT2D eigenvalue weighted by atomic mass is 16.5. The number of ether oxygens (including phenoxy) is 2. The Balaban J connectivity index is 1.77. The third-order valence-corrected chi connectivity index (χ3v) is 6.06. The first kappa shape index (κ1) is 22.0. The number of aliphatic hydroxyl groups excluding tert-OH is 1. The van der Waals surface area contributed by atoms with Crippen LogP contribution >= 0.6 is 0 Å². The highest BCUT2D eigenvalue weighted by molar-refractivity contribution is 6.46. The third kappa shape index (κ3) is 4.26. The molecule has 2 heterocycles. The summed E-state index contributed by atoms with van der Waals surface area (Å²) in [5, 5.41) is 11.1. The number of morpholine rings is 1. The molecule has 2 saturated heterocycles. The van der Waals surface area contributed by atoms with Gasteiger partial charge >= 0.3 is 0 Å². The summed E-state index contributed by atoms with van der Waals surface area (Å²) in [5.41, 5.74) is 2.30. The van der Waals surface area contributed by atoms with Crippen LogP contribution in [0.1, 0.15) is 22.7 Å². The van der Waals surface area contributed by atoms with E-state index < -0.39 is 17.7 Å². The van der Waals surface area contributed by atoms with Crippen molar-refractivity contribution in [2.24, 2.45) is 0 Å². The molecule has 7 heteroatoms. The van der Waals surface area contributed by atoms with Crippen molar-refractivity contribution in [3.63, 3.8) is 0 Å². The van der Waals surface area contributed by atoms with E-state index in [4.69, 9.17) is 9.47 Å². The van der Waals surface area contributed by atoms with Gasteiger partial charge in [0.15, 0.2) is 0 Å². The molecule has 0 spiro atoms. The fraction of sp³-hybridized carbons (Fsp3) is 0.360. The lowest BCUT2D eigenvalue weighted by molar-refractivity contribution is -0.140.